The Morgan fingerprint density at radius 3 is 2.38 bits per heavy atom. The molecular weight excluding hydrogens is 286 g/mol. The number of carbonyl (C=O) groups excluding carboxylic acids is 1. The van der Waals surface area contributed by atoms with Gasteiger partial charge in [0, 0.05) is 28.6 Å². The summed E-state index contributed by atoms with van der Waals surface area (Å²) in [5.41, 5.74) is 1.91. The first kappa shape index (κ1) is 15.3. The van der Waals surface area contributed by atoms with Gasteiger partial charge in [0.15, 0.2) is 0 Å². The molecule has 0 unspecified atom stereocenters. The molecule has 0 spiro atoms. The zero-order valence-corrected chi connectivity index (χ0v) is 13.0. The molecule has 2 rings (SSSR count). The predicted octanol–water partition coefficient (Wildman–Crippen LogP) is 4.20. The van der Waals surface area contributed by atoms with Crippen molar-refractivity contribution in [1.29, 1.82) is 0 Å². The highest BCUT2D eigenvalue weighted by atomic mass is 35.5. The molecule has 1 amide bonds. The number of carbonyl (C=O) groups is 1. The highest BCUT2D eigenvalue weighted by molar-refractivity contribution is 6.30. The normalized spacial score (nSPS) is 11.0. The summed E-state index contributed by atoms with van der Waals surface area (Å²) in [6.07, 6.45) is 3.24. The smallest absolute Gasteiger partial charge is 0.257 e. The van der Waals surface area contributed by atoms with E-state index in [1.165, 1.54) is 0 Å². The Balaban J connectivity index is 2.12. The van der Waals surface area contributed by atoms with Crippen LogP contribution in [0, 0.1) is 0 Å². The second kappa shape index (κ2) is 6.14. The molecule has 4 nitrogen and oxygen atoms in total. The first-order valence-corrected chi connectivity index (χ1v) is 7.01. The van der Waals surface area contributed by atoms with E-state index in [9.17, 15) is 4.79 Å². The predicted molar refractivity (Wildman–Crippen MR) is 87.0 cm³/mol. The number of hydrogen-bond donors (Lipinski definition) is 2. The van der Waals surface area contributed by atoms with Crippen LogP contribution >= 0.6 is 11.6 Å². The molecule has 2 aromatic rings. The van der Waals surface area contributed by atoms with Crippen molar-refractivity contribution in [3.8, 4) is 0 Å². The fraction of sp³-hybridized carbons (Fsp3) is 0.250. The van der Waals surface area contributed by atoms with Crippen LogP contribution in [0.1, 0.15) is 31.1 Å². The number of halogens is 1. The third-order valence-corrected chi connectivity index (χ3v) is 2.87. The molecule has 1 aromatic carbocycles. The van der Waals surface area contributed by atoms with E-state index in [2.05, 4.69) is 15.6 Å². The lowest BCUT2D eigenvalue weighted by molar-refractivity contribution is 0.102. The third-order valence-electron chi connectivity index (χ3n) is 2.62. The summed E-state index contributed by atoms with van der Waals surface area (Å²) in [6, 6.07) is 8.75. The number of nitrogens with one attached hydrogen (secondary N) is 2. The van der Waals surface area contributed by atoms with Gasteiger partial charge in [0.05, 0.1) is 11.3 Å². The molecule has 0 aliphatic heterocycles. The number of rotatable bonds is 3. The maximum absolute atomic E-state index is 12.2. The van der Waals surface area contributed by atoms with Crippen LogP contribution in [0.2, 0.25) is 5.02 Å². The number of anilines is 2. The van der Waals surface area contributed by atoms with Gasteiger partial charge in [-0.2, -0.15) is 0 Å². The molecule has 0 radical (unpaired) electrons. The van der Waals surface area contributed by atoms with Crippen LogP contribution in [-0.2, 0) is 0 Å². The summed E-state index contributed by atoms with van der Waals surface area (Å²) in [4.78, 5) is 16.3. The zero-order chi connectivity index (χ0) is 15.5. The van der Waals surface area contributed by atoms with Gasteiger partial charge >= 0.3 is 0 Å². The Labute approximate surface area is 129 Å². The molecule has 21 heavy (non-hydrogen) atoms. The van der Waals surface area contributed by atoms with E-state index in [0.717, 1.165) is 5.69 Å². The highest BCUT2D eigenvalue weighted by Gasteiger charge is 2.12. The molecule has 0 saturated heterocycles. The van der Waals surface area contributed by atoms with Gasteiger partial charge in [-0.15, -0.1) is 0 Å². The Kier molecular flexibility index (Phi) is 4.48. The maximum Gasteiger partial charge on any atom is 0.257 e. The van der Waals surface area contributed by atoms with Crippen molar-refractivity contribution in [2.75, 3.05) is 10.6 Å². The van der Waals surface area contributed by atoms with Gasteiger partial charge in [0.25, 0.3) is 5.91 Å². The van der Waals surface area contributed by atoms with E-state index in [1.807, 2.05) is 20.8 Å². The van der Waals surface area contributed by atoms with Gasteiger partial charge in [-0.1, -0.05) is 11.6 Å². The summed E-state index contributed by atoms with van der Waals surface area (Å²) >= 11 is 5.82. The van der Waals surface area contributed by atoms with Crippen LogP contribution in [0.3, 0.4) is 0 Å². The molecule has 110 valence electrons. The topological polar surface area (TPSA) is 54.0 Å². The average Bonchev–Trinajstić information content (AvgIpc) is 2.40. The van der Waals surface area contributed by atoms with Crippen LogP contribution in [0.25, 0.3) is 0 Å². The second-order valence-corrected chi connectivity index (χ2v) is 6.23. The van der Waals surface area contributed by atoms with Crippen LogP contribution in [0.4, 0.5) is 11.4 Å². The number of hydrogen-bond acceptors (Lipinski definition) is 3. The number of amides is 1. The molecule has 0 fully saturated rings. The van der Waals surface area contributed by atoms with E-state index in [0.29, 0.717) is 16.3 Å². The fourth-order valence-corrected chi connectivity index (χ4v) is 1.93. The lowest BCUT2D eigenvalue weighted by atomic mass is 10.1. The summed E-state index contributed by atoms with van der Waals surface area (Å²) in [6.45, 7) is 6.15. The van der Waals surface area contributed by atoms with Crippen molar-refractivity contribution >= 4 is 28.9 Å². The first-order chi connectivity index (χ1) is 9.83. The minimum Gasteiger partial charge on any atom is -0.379 e. The molecule has 5 heteroatoms. The lowest BCUT2D eigenvalue weighted by Crippen LogP contribution is -2.26. The summed E-state index contributed by atoms with van der Waals surface area (Å²) in [5.74, 6) is -0.206. The maximum atomic E-state index is 12.2. The Morgan fingerprint density at radius 1 is 1.10 bits per heavy atom. The summed E-state index contributed by atoms with van der Waals surface area (Å²) in [5, 5.41) is 6.73. The third kappa shape index (κ3) is 4.76. The van der Waals surface area contributed by atoms with E-state index in [-0.39, 0.29) is 11.4 Å². The first-order valence-electron chi connectivity index (χ1n) is 6.64. The largest absolute Gasteiger partial charge is 0.379 e. The molecule has 2 N–H and O–H groups in total. The summed E-state index contributed by atoms with van der Waals surface area (Å²) in [7, 11) is 0. The van der Waals surface area contributed by atoms with Gasteiger partial charge in [-0.3, -0.25) is 9.78 Å². The minimum atomic E-state index is -0.206. The van der Waals surface area contributed by atoms with E-state index in [1.54, 1.807) is 42.7 Å². The van der Waals surface area contributed by atoms with Crippen molar-refractivity contribution < 1.29 is 4.79 Å². The molecule has 0 atom stereocenters. The summed E-state index contributed by atoms with van der Waals surface area (Å²) < 4.78 is 0. The standard InChI is InChI=1S/C16H18ClN3O/c1-16(2,3)20-14-8-11(9-18-10-14)15(21)19-13-6-4-12(17)5-7-13/h4-10,20H,1-3H3,(H,19,21). The van der Waals surface area contributed by atoms with Crippen molar-refractivity contribution in [1.82, 2.24) is 4.98 Å². The van der Waals surface area contributed by atoms with Gasteiger partial charge < -0.3 is 10.6 Å². The van der Waals surface area contributed by atoms with E-state index >= 15 is 0 Å². The SMILES string of the molecule is CC(C)(C)Nc1cncc(C(=O)Nc2ccc(Cl)cc2)c1. The second-order valence-electron chi connectivity index (χ2n) is 5.80. The van der Waals surface area contributed by atoms with Gasteiger partial charge in [0.2, 0.25) is 0 Å². The number of nitrogens with zero attached hydrogens (tertiary/aromatic N) is 1. The molecule has 0 bridgehead atoms. The Morgan fingerprint density at radius 2 is 1.76 bits per heavy atom. The van der Waals surface area contributed by atoms with Crippen molar-refractivity contribution in [3.05, 3.63) is 53.3 Å². The Bertz CT molecular complexity index is 633. The van der Waals surface area contributed by atoms with Crippen molar-refractivity contribution in [3.63, 3.8) is 0 Å². The fourth-order valence-electron chi connectivity index (χ4n) is 1.80. The number of benzene rings is 1. The molecule has 0 aliphatic rings. The number of aromatic nitrogens is 1. The quantitative estimate of drug-likeness (QED) is 0.893. The average molecular weight is 304 g/mol. The van der Waals surface area contributed by atoms with E-state index < -0.39 is 0 Å². The molecule has 0 saturated carbocycles. The van der Waals surface area contributed by atoms with Crippen LogP contribution < -0.4 is 10.6 Å². The molecule has 0 aliphatic carbocycles. The van der Waals surface area contributed by atoms with Crippen LogP contribution in [0.5, 0.6) is 0 Å². The van der Waals surface area contributed by atoms with Gasteiger partial charge in [-0.25, -0.2) is 0 Å². The number of pyridine rings is 1. The van der Waals surface area contributed by atoms with Crippen molar-refractivity contribution in [2.24, 2.45) is 0 Å². The van der Waals surface area contributed by atoms with E-state index in [4.69, 9.17) is 11.6 Å². The van der Waals surface area contributed by atoms with Crippen molar-refractivity contribution in [2.45, 2.75) is 26.3 Å². The zero-order valence-electron chi connectivity index (χ0n) is 12.3. The lowest BCUT2D eigenvalue weighted by Gasteiger charge is -2.22. The van der Waals surface area contributed by atoms with Crippen LogP contribution in [-0.4, -0.2) is 16.4 Å². The van der Waals surface area contributed by atoms with Gasteiger partial charge in [0.1, 0.15) is 0 Å². The molecule has 1 aromatic heterocycles. The van der Waals surface area contributed by atoms with Gasteiger partial charge in [-0.05, 0) is 51.1 Å². The minimum absolute atomic E-state index is 0.0903. The molecule has 1 heterocycles. The van der Waals surface area contributed by atoms with Crippen LogP contribution in [0.15, 0.2) is 42.7 Å². The highest BCUT2D eigenvalue weighted by Crippen LogP contribution is 2.17. The molecular formula is C16H18ClN3O. The monoisotopic (exact) mass is 303 g/mol. The Hall–Kier alpha value is -2.07.